The second-order valence-electron chi connectivity index (χ2n) is 7.82. The van der Waals surface area contributed by atoms with Gasteiger partial charge in [-0.1, -0.05) is 42.5 Å². The monoisotopic (exact) mass is 450 g/mol. The molecule has 3 N–H and O–H groups in total. The topological polar surface area (TPSA) is 106 Å². The summed E-state index contributed by atoms with van der Waals surface area (Å²) in [4.78, 5) is 0. The van der Waals surface area contributed by atoms with Gasteiger partial charge in [0, 0.05) is 5.56 Å². The predicted molar refractivity (Wildman–Crippen MR) is 127 cm³/mol. The van der Waals surface area contributed by atoms with Gasteiger partial charge in [0.25, 0.3) is 0 Å². The minimum absolute atomic E-state index is 0.0448. The Morgan fingerprint density at radius 3 is 2.56 bits per heavy atom. The number of nitrogens with zero attached hydrogens (tertiary/aromatic N) is 2. The van der Waals surface area contributed by atoms with E-state index in [-0.39, 0.29) is 5.88 Å². The fourth-order valence-corrected chi connectivity index (χ4v) is 4.08. The van der Waals surface area contributed by atoms with Gasteiger partial charge in [0.15, 0.2) is 0 Å². The highest BCUT2D eigenvalue weighted by Crippen LogP contribution is 2.46. The van der Waals surface area contributed by atoms with E-state index in [4.69, 9.17) is 19.9 Å². The number of methoxy groups -OCH3 is 1. The van der Waals surface area contributed by atoms with Gasteiger partial charge in [-0.25, -0.2) is 0 Å². The van der Waals surface area contributed by atoms with Gasteiger partial charge in [0.2, 0.25) is 11.8 Å². The molecule has 7 heteroatoms. The average Bonchev–Trinajstić information content (AvgIpc) is 3.30. The fraction of sp³-hybridized carbons (Fsp3) is 0.111. The molecule has 34 heavy (non-hydrogen) atoms. The van der Waals surface area contributed by atoms with Crippen molar-refractivity contribution in [1.82, 2.24) is 10.2 Å². The van der Waals surface area contributed by atoms with Crippen LogP contribution in [0.5, 0.6) is 17.4 Å². The summed E-state index contributed by atoms with van der Waals surface area (Å²) in [5, 5.41) is 17.4. The molecule has 1 atom stereocenters. The highest BCUT2D eigenvalue weighted by atomic mass is 16.5. The lowest BCUT2D eigenvalue weighted by Gasteiger charge is -2.24. The number of H-pyrrole nitrogens is 1. The van der Waals surface area contributed by atoms with E-state index in [1.807, 2.05) is 78.9 Å². The zero-order valence-corrected chi connectivity index (χ0v) is 18.5. The lowest BCUT2D eigenvalue weighted by Crippen LogP contribution is -2.21. The number of ether oxygens (including phenoxy) is 3. The van der Waals surface area contributed by atoms with E-state index in [0.29, 0.717) is 23.8 Å². The Hall–Kier alpha value is -4.70. The van der Waals surface area contributed by atoms with Crippen molar-refractivity contribution >= 4 is 0 Å². The van der Waals surface area contributed by atoms with Crippen LogP contribution in [-0.4, -0.2) is 17.3 Å². The van der Waals surface area contributed by atoms with Gasteiger partial charge in [0.1, 0.15) is 29.7 Å². The van der Waals surface area contributed by atoms with E-state index in [1.54, 1.807) is 7.11 Å². The fourth-order valence-electron chi connectivity index (χ4n) is 4.08. The number of aromatic amines is 1. The summed E-state index contributed by atoms with van der Waals surface area (Å²) in [5.74, 6) is 1.37. The van der Waals surface area contributed by atoms with Gasteiger partial charge in [-0.3, -0.25) is 5.10 Å². The molecule has 0 spiro atoms. The largest absolute Gasteiger partial charge is 0.497 e. The molecule has 0 bridgehead atoms. The number of aromatic nitrogens is 2. The molecule has 3 aromatic carbocycles. The van der Waals surface area contributed by atoms with Crippen molar-refractivity contribution in [2.45, 2.75) is 12.5 Å². The Morgan fingerprint density at radius 2 is 1.82 bits per heavy atom. The van der Waals surface area contributed by atoms with Gasteiger partial charge in [-0.2, -0.15) is 5.26 Å². The number of rotatable bonds is 6. The lowest BCUT2D eigenvalue weighted by molar-refractivity contribution is 0.306. The number of nitriles is 1. The minimum atomic E-state index is -0.468. The summed E-state index contributed by atoms with van der Waals surface area (Å²) >= 11 is 0. The Labute approximate surface area is 197 Å². The number of allylic oxidation sites excluding steroid dienone is 1. The Kier molecular flexibility index (Phi) is 5.63. The normalized spacial score (nSPS) is 14.6. The first-order chi connectivity index (χ1) is 16.7. The maximum Gasteiger partial charge on any atom is 0.244 e. The molecule has 1 aliphatic heterocycles. The first-order valence-electron chi connectivity index (χ1n) is 10.7. The number of benzene rings is 3. The van der Waals surface area contributed by atoms with E-state index in [1.165, 1.54) is 0 Å². The number of nitrogens with one attached hydrogen (secondary N) is 1. The number of nitrogens with two attached hydrogens (primary N) is 1. The molecule has 7 nitrogen and oxygen atoms in total. The van der Waals surface area contributed by atoms with Gasteiger partial charge in [-0.05, 0) is 47.5 Å². The van der Waals surface area contributed by atoms with Gasteiger partial charge in [0.05, 0.1) is 24.3 Å². The summed E-state index contributed by atoms with van der Waals surface area (Å²) in [7, 11) is 1.62. The van der Waals surface area contributed by atoms with Gasteiger partial charge in [-0.15, -0.1) is 5.10 Å². The van der Waals surface area contributed by atoms with Crippen LogP contribution in [0.25, 0.3) is 11.3 Å². The van der Waals surface area contributed by atoms with Crippen LogP contribution in [0.4, 0.5) is 0 Å². The molecule has 0 unspecified atom stereocenters. The Morgan fingerprint density at radius 1 is 1.03 bits per heavy atom. The van der Waals surface area contributed by atoms with Crippen LogP contribution < -0.4 is 19.9 Å². The van der Waals surface area contributed by atoms with Crippen LogP contribution >= 0.6 is 0 Å². The van der Waals surface area contributed by atoms with Crippen molar-refractivity contribution in [2.75, 3.05) is 7.11 Å². The van der Waals surface area contributed by atoms with Crippen molar-refractivity contribution in [2.24, 2.45) is 5.73 Å². The van der Waals surface area contributed by atoms with Crippen LogP contribution in [0.15, 0.2) is 90.3 Å². The smallest absolute Gasteiger partial charge is 0.244 e. The molecule has 1 aromatic heterocycles. The van der Waals surface area contributed by atoms with E-state index >= 15 is 0 Å². The highest BCUT2D eigenvalue weighted by molar-refractivity contribution is 5.71. The Balaban J connectivity index is 1.55. The van der Waals surface area contributed by atoms with Crippen LogP contribution in [0.3, 0.4) is 0 Å². The summed E-state index contributed by atoms with van der Waals surface area (Å²) < 4.78 is 17.0. The summed E-state index contributed by atoms with van der Waals surface area (Å²) in [6, 6.07) is 27.5. The first-order valence-corrected chi connectivity index (χ1v) is 10.7. The molecule has 1 aliphatic rings. The highest BCUT2D eigenvalue weighted by Gasteiger charge is 2.35. The van der Waals surface area contributed by atoms with Crippen molar-refractivity contribution in [3.8, 4) is 34.7 Å². The first kappa shape index (κ1) is 21.2. The quantitative estimate of drug-likeness (QED) is 0.434. The van der Waals surface area contributed by atoms with Crippen molar-refractivity contribution in [3.63, 3.8) is 0 Å². The number of fused-ring (bicyclic) bond motifs is 1. The standard InChI is InChI=1S/C27H22N4O3/c1-32-20-12-10-18(11-13-20)25-24-23(22(15-28)26(29)34-27(24)31-30-25)19-8-5-9-21(14-19)33-16-17-6-3-2-4-7-17/h2-14,23H,16,29H2,1H3,(H,30,31)/t23-/m1/s1. The second-order valence-corrected chi connectivity index (χ2v) is 7.82. The SMILES string of the molecule is COc1ccc(-c2[nH]nc3c2[C@H](c2cccc(OCc4ccccc4)c2)C(C#N)=C(N)O3)cc1. The number of hydrogen-bond acceptors (Lipinski definition) is 6. The third-order valence-corrected chi connectivity index (χ3v) is 5.76. The molecular formula is C27H22N4O3. The van der Waals surface area contributed by atoms with E-state index < -0.39 is 5.92 Å². The maximum atomic E-state index is 9.96. The van der Waals surface area contributed by atoms with Crippen LogP contribution in [-0.2, 0) is 6.61 Å². The summed E-state index contributed by atoms with van der Waals surface area (Å²) in [5.41, 5.74) is 10.8. The van der Waals surface area contributed by atoms with Crippen molar-refractivity contribution < 1.29 is 14.2 Å². The van der Waals surface area contributed by atoms with Gasteiger partial charge >= 0.3 is 0 Å². The summed E-state index contributed by atoms with van der Waals surface area (Å²) in [6.45, 7) is 0.440. The molecule has 0 saturated heterocycles. The van der Waals surface area contributed by atoms with Crippen molar-refractivity contribution in [1.29, 1.82) is 5.26 Å². The van der Waals surface area contributed by atoms with Crippen LogP contribution in [0.2, 0.25) is 0 Å². The molecule has 4 aromatic rings. The van der Waals surface area contributed by atoms with Crippen LogP contribution in [0.1, 0.15) is 22.6 Å². The molecule has 0 aliphatic carbocycles. The molecule has 0 radical (unpaired) electrons. The predicted octanol–water partition coefficient (Wildman–Crippen LogP) is 4.88. The molecule has 0 fully saturated rings. The zero-order valence-electron chi connectivity index (χ0n) is 18.5. The lowest BCUT2D eigenvalue weighted by atomic mass is 9.83. The molecule has 168 valence electrons. The van der Waals surface area contributed by atoms with Crippen LogP contribution in [0, 0.1) is 11.3 Å². The second kappa shape index (κ2) is 9.04. The molecule has 5 rings (SSSR count). The molecular weight excluding hydrogens is 428 g/mol. The minimum Gasteiger partial charge on any atom is -0.497 e. The van der Waals surface area contributed by atoms with Gasteiger partial charge < -0.3 is 19.9 Å². The van der Waals surface area contributed by atoms with Crippen molar-refractivity contribution in [3.05, 3.63) is 107 Å². The average molecular weight is 450 g/mol. The molecule has 2 heterocycles. The van der Waals surface area contributed by atoms with E-state index in [0.717, 1.165) is 33.7 Å². The molecule has 0 amide bonds. The maximum absolute atomic E-state index is 9.96. The zero-order chi connectivity index (χ0) is 23.5. The van der Waals surface area contributed by atoms with E-state index in [9.17, 15) is 5.26 Å². The number of hydrogen-bond donors (Lipinski definition) is 2. The summed E-state index contributed by atoms with van der Waals surface area (Å²) in [6.07, 6.45) is 0. The Bertz CT molecular complexity index is 1390. The third kappa shape index (κ3) is 3.93. The molecule has 0 saturated carbocycles. The third-order valence-electron chi connectivity index (χ3n) is 5.76. The van der Waals surface area contributed by atoms with E-state index in [2.05, 4.69) is 16.3 Å².